The van der Waals surface area contributed by atoms with Crippen LogP contribution >= 0.6 is 0 Å². The summed E-state index contributed by atoms with van der Waals surface area (Å²) >= 11 is 0. The molecule has 24 heavy (non-hydrogen) atoms. The molecule has 0 spiro atoms. The third-order valence-electron chi connectivity index (χ3n) is 4.32. The first-order valence-corrected chi connectivity index (χ1v) is 8.06. The SMILES string of the molecule is FC(F)(F)c1cccc(C(Cc2ccccn2)N2CCNCC2)c1. The fourth-order valence-corrected chi connectivity index (χ4v) is 3.09. The first kappa shape index (κ1) is 16.9. The fourth-order valence-electron chi connectivity index (χ4n) is 3.09. The lowest BCUT2D eigenvalue weighted by atomic mass is 9.97. The van der Waals surface area contributed by atoms with Crippen molar-refractivity contribution in [2.75, 3.05) is 26.2 Å². The Balaban J connectivity index is 1.91. The molecule has 3 rings (SSSR count). The van der Waals surface area contributed by atoms with E-state index in [0.29, 0.717) is 12.0 Å². The number of pyridine rings is 1. The Labute approximate surface area is 139 Å². The summed E-state index contributed by atoms with van der Waals surface area (Å²) in [7, 11) is 0. The minimum absolute atomic E-state index is 0.107. The van der Waals surface area contributed by atoms with Crippen LogP contribution in [-0.4, -0.2) is 36.1 Å². The van der Waals surface area contributed by atoms with Crippen molar-refractivity contribution in [1.82, 2.24) is 15.2 Å². The molecule has 0 bridgehead atoms. The first-order chi connectivity index (χ1) is 11.5. The Kier molecular flexibility index (Phi) is 5.16. The fraction of sp³-hybridized carbons (Fsp3) is 0.389. The number of rotatable bonds is 4. The highest BCUT2D eigenvalue weighted by Crippen LogP contribution is 2.33. The van der Waals surface area contributed by atoms with Crippen LogP contribution in [0.25, 0.3) is 0 Å². The van der Waals surface area contributed by atoms with Crippen LogP contribution in [0, 0.1) is 0 Å². The second-order valence-electron chi connectivity index (χ2n) is 5.95. The highest BCUT2D eigenvalue weighted by atomic mass is 19.4. The Bertz CT molecular complexity index is 652. The quantitative estimate of drug-likeness (QED) is 0.929. The summed E-state index contributed by atoms with van der Waals surface area (Å²) in [5.41, 5.74) is 0.983. The maximum Gasteiger partial charge on any atom is 0.416 e. The maximum atomic E-state index is 13.1. The number of alkyl halides is 3. The third kappa shape index (κ3) is 4.13. The summed E-state index contributed by atoms with van der Waals surface area (Å²) < 4.78 is 39.2. The molecule has 128 valence electrons. The molecule has 1 N–H and O–H groups in total. The van der Waals surface area contributed by atoms with Crippen molar-refractivity contribution in [1.29, 1.82) is 0 Å². The van der Waals surface area contributed by atoms with Crippen molar-refractivity contribution in [2.45, 2.75) is 18.6 Å². The van der Waals surface area contributed by atoms with Gasteiger partial charge in [-0.25, -0.2) is 0 Å². The van der Waals surface area contributed by atoms with Gasteiger partial charge in [0.05, 0.1) is 5.56 Å². The molecule has 0 aliphatic carbocycles. The molecule has 1 aromatic carbocycles. The summed E-state index contributed by atoms with van der Waals surface area (Å²) in [5, 5.41) is 3.28. The third-order valence-corrected chi connectivity index (χ3v) is 4.32. The van der Waals surface area contributed by atoms with Crippen molar-refractivity contribution in [3.8, 4) is 0 Å². The molecule has 1 aliphatic heterocycles. The van der Waals surface area contributed by atoms with Crippen molar-refractivity contribution < 1.29 is 13.2 Å². The normalized spacial score (nSPS) is 17.6. The predicted octanol–water partition coefficient (Wildman–Crippen LogP) is 3.29. The molecule has 1 aromatic heterocycles. The number of benzene rings is 1. The average molecular weight is 335 g/mol. The zero-order valence-electron chi connectivity index (χ0n) is 13.3. The number of nitrogens with zero attached hydrogens (tertiary/aromatic N) is 2. The molecule has 1 atom stereocenters. The van der Waals surface area contributed by atoms with E-state index in [1.807, 2.05) is 18.2 Å². The molecule has 1 fully saturated rings. The molecule has 2 heterocycles. The van der Waals surface area contributed by atoms with Gasteiger partial charge in [-0.05, 0) is 29.8 Å². The van der Waals surface area contributed by atoms with Crippen molar-refractivity contribution >= 4 is 0 Å². The van der Waals surface area contributed by atoms with Gasteiger partial charge in [0.1, 0.15) is 0 Å². The van der Waals surface area contributed by atoms with Crippen molar-refractivity contribution in [2.24, 2.45) is 0 Å². The van der Waals surface area contributed by atoms with Gasteiger partial charge in [-0.1, -0.05) is 18.2 Å². The van der Waals surface area contributed by atoms with Gasteiger partial charge >= 0.3 is 6.18 Å². The number of hydrogen-bond acceptors (Lipinski definition) is 3. The molecule has 1 unspecified atom stereocenters. The lowest BCUT2D eigenvalue weighted by molar-refractivity contribution is -0.137. The van der Waals surface area contributed by atoms with Gasteiger partial charge in [-0.3, -0.25) is 9.88 Å². The molecule has 1 saturated heterocycles. The maximum absolute atomic E-state index is 13.1. The Morgan fingerprint density at radius 3 is 2.54 bits per heavy atom. The van der Waals surface area contributed by atoms with Crippen LogP contribution in [0.1, 0.15) is 22.9 Å². The summed E-state index contributed by atoms with van der Waals surface area (Å²) in [5.74, 6) is 0. The van der Waals surface area contributed by atoms with Crippen LogP contribution in [0.4, 0.5) is 13.2 Å². The average Bonchev–Trinajstić information content (AvgIpc) is 2.61. The van der Waals surface area contributed by atoms with Crippen LogP contribution in [-0.2, 0) is 12.6 Å². The summed E-state index contributed by atoms with van der Waals surface area (Å²) in [4.78, 5) is 6.58. The smallest absolute Gasteiger partial charge is 0.314 e. The zero-order chi connectivity index (χ0) is 17.0. The minimum Gasteiger partial charge on any atom is -0.314 e. The molecule has 6 heteroatoms. The van der Waals surface area contributed by atoms with E-state index < -0.39 is 11.7 Å². The molecule has 0 amide bonds. The second-order valence-corrected chi connectivity index (χ2v) is 5.95. The van der Waals surface area contributed by atoms with Gasteiger partial charge in [0, 0.05) is 50.5 Å². The lowest BCUT2D eigenvalue weighted by Crippen LogP contribution is -2.45. The summed E-state index contributed by atoms with van der Waals surface area (Å²) in [6.45, 7) is 3.32. The van der Waals surface area contributed by atoms with Crippen molar-refractivity contribution in [3.05, 3.63) is 65.5 Å². The predicted molar refractivity (Wildman–Crippen MR) is 86.6 cm³/mol. The Morgan fingerprint density at radius 1 is 1.08 bits per heavy atom. The zero-order valence-corrected chi connectivity index (χ0v) is 13.3. The van der Waals surface area contributed by atoms with Crippen LogP contribution < -0.4 is 5.32 Å². The van der Waals surface area contributed by atoms with E-state index in [0.717, 1.165) is 37.9 Å². The molecule has 1 aliphatic rings. The Morgan fingerprint density at radius 2 is 1.88 bits per heavy atom. The number of hydrogen-bond donors (Lipinski definition) is 1. The first-order valence-electron chi connectivity index (χ1n) is 8.06. The number of nitrogens with one attached hydrogen (secondary N) is 1. The topological polar surface area (TPSA) is 28.2 Å². The van der Waals surface area contributed by atoms with Gasteiger partial charge in [-0.15, -0.1) is 0 Å². The van der Waals surface area contributed by atoms with Crippen LogP contribution in [0.5, 0.6) is 0 Å². The van der Waals surface area contributed by atoms with Gasteiger partial charge in [0.25, 0.3) is 0 Å². The molecular formula is C18H20F3N3. The number of halogens is 3. The van der Waals surface area contributed by atoms with Crippen LogP contribution in [0.3, 0.4) is 0 Å². The highest BCUT2D eigenvalue weighted by Gasteiger charge is 2.32. The molecular weight excluding hydrogens is 315 g/mol. The number of aromatic nitrogens is 1. The monoisotopic (exact) mass is 335 g/mol. The minimum atomic E-state index is -4.32. The van der Waals surface area contributed by atoms with E-state index in [2.05, 4.69) is 15.2 Å². The summed E-state index contributed by atoms with van der Waals surface area (Å²) in [6.07, 6.45) is -2.01. The van der Waals surface area contributed by atoms with Crippen LogP contribution in [0.2, 0.25) is 0 Å². The van der Waals surface area contributed by atoms with E-state index in [4.69, 9.17) is 0 Å². The van der Waals surface area contributed by atoms with Gasteiger partial charge in [-0.2, -0.15) is 13.2 Å². The molecule has 3 nitrogen and oxygen atoms in total. The highest BCUT2D eigenvalue weighted by molar-refractivity contribution is 5.29. The van der Waals surface area contributed by atoms with E-state index in [1.165, 1.54) is 12.1 Å². The summed E-state index contributed by atoms with van der Waals surface area (Å²) in [6, 6.07) is 11.2. The van der Waals surface area contributed by atoms with E-state index in [9.17, 15) is 13.2 Å². The second kappa shape index (κ2) is 7.32. The van der Waals surface area contributed by atoms with Gasteiger partial charge in [0.15, 0.2) is 0 Å². The lowest BCUT2D eigenvalue weighted by Gasteiger charge is -2.35. The van der Waals surface area contributed by atoms with Crippen LogP contribution in [0.15, 0.2) is 48.7 Å². The van der Waals surface area contributed by atoms with E-state index in [1.54, 1.807) is 12.3 Å². The Hall–Kier alpha value is -1.92. The molecule has 2 aromatic rings. The van der Waals surface area contributed by atoms with E-state index >= 15 is 0 Å². The molecule has 0 saturated carbocycles. The van der Waals surface area contributed by atoms with E-state index in [-0.39, 0.29) is 6.04 Å². The standard InChI is InChI=1S/C18H20F3N3/c19-18(20,21)15-5-3-4-14(12-15)17(24-10-8-22-9-11-24)13-16-6-1-2-7-23-16/h1-7,12,17,22H,8-11,13H2. The largest absolute Gasteiger partial charge is 0.416 e. The van der Waals surface area contributed by atoms with Crippen molar-refractivity contribution in [3.63, 3.8) is 0 Å². The van der Waals surface area contributed by atoms with Gasteiger partial charge in [0.2, 0.25) is 0 Å². The molecule has 0 radical (unpaired) electrons. The van der Waals surface area contributed by atoms with Gasteiger partial charge < -0.3 is 5.32 Å². The number of piperazine rings is 1.